The van der Waals surface area contributed by atoms with E-state index >= 15 is 0 Å². The van der Waals surface area contributed by atoms with Crippen LogP contribution < -0.4 is 4.74 Å². The second kappa shape index (κ2) is 9.18. The molecule has 2 heterocycles. The molecule has 2 aliphatic rings. The molecule has 0 unspecified atom stereocenters. The molecule has 6 nitrogen and oxygen atoms in total. The Morgan fingerprint density at radius 3 is 2.23 bits per heavy atom. The van der Waals surface area contributed by atoms with E-state index in [9.17, 15) is 9.59 Å². The fourth-order valence-electron chi connectivity index (χ4n) is 4.14. The van der Waals surface area contributed by atoms with Gasteiger partial charge in [-0.1, -0.05) is 48.5 Å². The molecule has 2 amide bonds. The van der Waals surface area contributed by atoms with E-state index < -0.39 is 0 Å². The van der Waals surface area contributed by atoms with Gasteiger partial charge in [0, 0.05) is 39.3 Å². The first-order valence-electron chi connectivity index (χ1n) is 10.5. The van der Waals surface area contributed by atoms with Crippen LogP contribution >= 0.6 is 0 Å². The summed E-state index contributed by atoms with van der Waals surface area (Å²) in [6.45, 7) is 7.84. The van der Waals surface area contributed by atoms with E-state index in [1.54, 1.807) is 13.2 Å². The molecule has 1 saturated heterocycles. The van der Waals surface area contributed by atoms with Gasteiger partial charge < -0.3 is 9.64 Å². The maximum absolute atomic E-state index is 13.2. The van der Waals surface area contributed by atoms with Crippen molar-refractivity contribution in [2.24, 2.45) is 0 Å². The molecule has 6 heteroatoms. The number of hydrogen-bond acceptors (Lipinski definition) is 5. The number of hydrogen-bond donors (Lipinski definition) is 0. The first-order chi connectivity index (χ1) is 15.1. The van der Waals surface area contributed by atoms with Crippen molar-refractivity contribution in [2.75, 3.05) is 39.8 Å². The number of amides is 2. The first kappa shape index (κ1) is 20.9. The van der Waals surface area contributed by atoms with E-state index in [1.165, 1.54) is 10.5 Å². The van der Waals surface area contributed by atoms with Gasteiger partial charge >= 0.3 is 0 Å². The number of nitrogens with zero attached hydrogens (tertiary/aromatic N) is 3. The van der Waals surface area contributed by atoms with Gasteiger partial charge in [-0.25, -0.2) is 0 Å². The van der Waals surface area contributed by atoms with Crippen LogP contribution in [0.3, 0.4) is 0 Å². The van der Waals surface area contributed by atoms with Gasteiger partial charge in [-0.2, -0.15) is 0 Å². The summed E-state index contributed by atoms with van der Waals surface area (Å²) >= 11 is 0. The molecule has 1 fully saturated rings. The lowest BCUT2D eigenvalue weighted by Crippen LogP contribution is -2.47. The Labute approximate surface area is 183 Å². The summed E-state index contributed by atoms with van der Waals surface area (Å²) in [7, 11) is 1.60. The summed E-state index contributed by atoms with van der Waals surface area (Å²) in [5, 5.41) is 0. The van der Waals surface area contributed by atoms with Crippen molar-refractivity contribution < 1.29 is 14.3 Å². The Morgan fingerprint density at radius 1 is 0.935 bits per heavy atom. The number of ether oxygens (including phenoxy) is 1. The third kappa shape index (κ3) is 4.25. The summed E-state index contributed by atoms with van der Waals surface area (Å²) in [6, 6.07) is 17.7. The third-order valence-corrected chi connectivity index (χ3v) is 5.77. The predicted octanol–water partition coefficient (Wildman–Crippen LogP) is 2.78. The third-order valence-electron chi connectivity index (χ3n) is 5.77. The van der Waals surface area contributed by atoms with Crippen molar-refractivity contribution in [1.82, 2.24) is 14.7 Å². The lowest BCUT2D eigenvalue weighted by Gasteiger charge is -2.36. The Bertz CT molecular complexity index is 990. The molecule has 2 aromatic rings. The van der Waals surface area contributed by atoms with Crippen LogP contribution in [0.4, 0.5) is 0 Å². The number of carbonyl (C=O) groups is 2. The fraction of sp³-hybridized carbons (Fsp3) is 0.280. The highest BCUT2D eigenvalue weighted by Gasteiger charge is 2.41. The molecule has 0 aromatic heterocycles. The van der Waals surface area contributed by atoms with E-state index in [-0.39, 0.29) is 18.4 Å². The van der Waals surface area contributed by atoms with Crippen LogP contribution in [0.15, 0.2) is 72.9 Å². The lowest BCUT2D eigenvalue weighted by molar-refractivity contribution is -0.137. The molecule has 0 N–H and O–H groups in total. The summed E-state index contributed by atoms with van der Waals surface area (Å²) in [5.74, 6) is 0.198. The van der Waals surface area contributed by atoms with Crippen LogP contribution in [0.25, 0.3) is 5.57 Å². The SMILES string of the molecule is C=CCN1C(=O)C(c2ccc(OC)cc2)=C(N2CCN(Cc3ccccc3)CC2)C1=O. The van der Waals surface area contributed by atoms with Crippen LogP contribution in [0.5, 0.6) is 5.75 Å². The summed E-state index contributed by atoms with van der Waals surface area (Å²) in [4.78, 5) is 32.1. The topological polar surface area (TPSA) is 53.1 Å². The predicted molar refractivity (Wildman–Crippen MR) is 120 cm³/mol. The summed E-state index contributed by atoms with van der Waals surface area (Å²) < 4.78 is 5.24. The zero-order valence-electron chi connectivity index (χ0n) is 17.8. The molecule has 0 saturated carbocycles. The average molecular weight is 418 g/mol. The average Bonchev–Trinajstić information content (AvgIpc) is 3.05. The van der Waals surface area contributed by atoms with Gasteiger partial charge in [0.05, 0.1) is 12.7 Å². The van der Waals surface area contributed by atoms with Gasteiger partial charge in [0.15, 0.2) is 0 Å². The maximum Gasteiger partial charge on any atom is 0.278 e. The summed E-state index contributed by atoms with van der Waals surface area (Å²) in [5.41, 5.74) is 2.97. The van der Waals surface area contributed by atoms with E-state index in [0.29, 0.717) is 30.1 Å². The second-order valence-electron chi connectivity index (χ2n) is 7.71. The van der Waals surface area contributed by atoms with Crippen LogP contribution in [0.2, 0.25) is 0 Å². The van der Waals surface area contributed by atoms with E-state index in [0.717, 1.165) is 25.2 Å². The quantitative estimate of drug-likeness (QED) is 0.512. The highest BCUT2D eigenvalue weighted by molar-refractivity contribution is 6.35. The fourth-order valence-corrected chi connectivity index (χ4v) is 4.14. The molecule has 0 spiro atoms. The highest BCUT2D eigenvalue weighted by Crippen LogP contribution is 2.33. The second-order valence-corrected chi connectivity index (χ2v) is 7.71. The van der Waals surface area contributed by atoms with Gasteiger partial charge in [-0.05, 0) is 23.3 Å². The Kier molecular flexibility index (Phi) is 6.18. The number of imide groups is 1. The van der Waals surface area contributed by atoms with Crippen LogP contribution in [-0.4, -0.2) is 66.3 Å². The minimum Gasteiger partial charge on any atom is -0.497 e. The summed E-state index contributed by atoms with van der Waals surface area (Å²) in [6.07, 6.45) is 1.59. The largest absolute Gasteiger partial charge is 0.497 e. The highest BCUT2D eigenvalue weighted by atomic mass is 16.5. The Morgan fingerprint density at radius 2 is 1.61 bits per heavy atom. The number of rotatable bonds is 7. The Hall–Kier alpha value is -3.38. The number of carbonyl (C=O) groups excluding carboxylic acids is 2. The molecule has 2 aliphatic heterocycles. The minimum atomic E-state index is -0.267. The number of methoxy groups -OCH3 is 1. The maximum atomic E-state index is 13.2. The van der Waals surface area contributed by atoms with Gasteiger partial charge in [-0.15, -0.1) is 6.58 Å². The molecular weight excluding hydrogens is 390 g/mol. The standard InChI is InChI=1S/C25H27N3O3/c1-3-13-28-24(29)22(20-9-11-21(31-2)12-10-20)23(25(28)30)27-16-14-26(15-17-27)18-19-7-5-4-6-8-19/h3-12H,1,13-18H2,2H3. The van der Waals surface area contributed by atoms with Crippen molar-refractivity contribution >= 4 is 17.4 Å². The minimum absolute atomic E-state index is 0.203. The van der Waals surface area contributed by atoms with Gasteiger partial charge in [-0.3, -0.25) is 19.4 Å². The monoisotopic (exact) mass is 417 g/mol. The number of piperazine rings is 1. The molecule has 160 valence electrons. The van der Waals surface area contributed by atoms with E-state index in [4.69, 9.17) is 4.74 Å². The van der Waals surface area contributed by atoms with E-state index in [2.05, 4.69) is 40.6 Å². The van der Waals surface area contributed by atoms with E-state index in [1.807, 2.05) is 30.3 Å². The van der Waals surface area contributed by atoms with Crippen molar-refractivity contribution in [3.63, 3.8) is 0 Å². The van der Waals surface area contributed by atoms with Crippen LogP contribution in [-0.2, 0) is 16.1 Å². The van der Waals surface area contributed by atoms with Crippen LogP contribution in [0, 0.1) is 0 Å². The van der Waals surface area contributed by atoms with Gasteiger partial charge in [0.1, 0.15) is 11.4 Å². The molecule has 0 bridgehead atoms. The van der Waals surface area contributed by atoms with Crippen molar-refractivity contribution in [2.45, 2.75) is 6.54 Å². The molecule has 0 atom stereocenters. The zero-order valence-corrected chi connectivity index (χ0v) is 17.8. The van der Waals surface area contributed by atoms with Crippen molar-refractivity contribution in [3.05, 3.63) is 84.1 Å². The van der Waals surface area contributed by atoms with Crippen molar-refractivity contribution in [1.29, 1.82) is 0 Å². The molecule has 4 rings (SSSR count). The lowest BCUT2D eigenvalue weighted by atomic mass is 10.0. The molecule has 0 radical (unpaired) electrons. The van der Waals surface area contributed by atoms with Gasteiger partial charge in [0.25, 0.3) is 11.8 Å². The zero-order chi connectivity index (χ0) is 21.8. The molecule has 2 aromatic carbocycles. The number of benzene rings is 2. The smallest absolute Gasteiger partial charge is 0.278 e. The first-order valence-corrected chi connectivity index (χ1v) is 10.5. The molecular formula is C25H27N3O3. The Balaban J connectivity index is 1.58. The molecule has 31 heavy (non-hydrogen) atoms. The van der Waals surface area contributed by atoms with Gasteiger partial charge in [0.2, 0.25) is 0 Å². The van der Waals surface area contributed by atoms with Crippen LogP contribution in [0.1, 0.15) is 11.1 Å². The molecule has 0 aliphatic carbocycles. The van der Waals surface area contributed by atoms with Crippen molar-refractivity contribution in [3.8, 4) is 5.75 Å². The normalized spacial score (nSPS) is 17.5.